The molecule has 1 saturated carbocycles. The molecule has 19 heavy (non-hydrogen) atoms. The van der Waals surface area contributed by atoms with Crippen molar-refractivity contribution in [3.8, 4) is 0 Å². The lowest BCUT2D eigenvalue weighted by Crippen LogP contribution is -2.41. The minimum Gasteiger partial charge on any atom is -0.481 e. The normalized spacial score (nSPS) is 19.3. The molecule has 2 rings (SSSR count). The number of furan rings is 1. The fourth-order valence-corrected chi connectivity index (χ4v) is 3.11. The molecule has 0 aromatic carbocycles. The predicted molar refractivity (Wildman–Crippen MR) is 72.8 cm³/mol. The van der Waals surface area contributed by atoms with Crippen LogP contribution in [-0.2, 0) is 11.3 Å². The summed E-state index contributed by atoms with van der Waals surface area (Å²) in [7, 11) is 1.99. The third kappa shape index (κ3) is 3.60. The molecule has 4 heteroatoms. The van der Waals surface area contributed by atoms with Gasteiger partial charge in [0.1, 0.15) is 0 Å². The van der Waals surface area contributed by atoms with Crippen LogP contribution in [0, 0.1) is 5.41 Å². The van der Waals surface area contributed by atoms with E-state index in [1.165, 1.54) is 12.8 Å². The molecule has 1 heterocycles. The minimum absolute atomic E-state index is 0.561. The third-order valence-corrected chi connectivity index (χ3v) is 4.12. The van der Waals surface area contributed by atoms with Gasteiger partial charge in [-0.25, -0.2) is 0 Å². The molecule has 1 aromatic heterocycles. The molecule has 1 aliphatic carbocycles. The average Bonchev–Trinajstić information content (AvgIpc) is 2.73. The Morgan fingerprint density at radius 2 is 2.05 bits per heavy atom. The van der Waals surface area contributed by atoms with Crippen molar-refractivity contribution in [1.82, 2.24) is 4.90 Å². The van der Waals surface area contributed by atoms with Crippen LogP contribution in [0.2, 0.25) is 0 Å². The first-order valence-electron chi connectivity index (χ1n) is 7.05. The molecule has 1 aliphatic rings. The van der Waals surface area contributed by atoms with E-state index in [0.29, 0.717) is 6.54 Å². The number of hydrogen-bond donors (Lipinski definition) is 1. The van der Waals surface area contributed by atoms with E-state index in [9.17, 15) is 9.90 Å². The van der Waals surface area contributed by atoms with Crippen LogP contribution in [0.25, 0.3) is 0 Å². The zero-order chi connectivity index (χ0) is 13.7. The van der Waals surface area contributed by atoms with Crippen molar-refractivity contribution in [2.45, 2.75) is 45.1 Å². The van der Waals surface area contributed by atoms with Gasteiger partial charge in [-0.15, -0.1) is 0 Å². The Labute approximate surface area is 114 Å². The first kappa shape index (κ1) is 14.1. The summed E-state index contributed by atoms with van der Waals surface area (Å²) >= 11 is 0. The van der Waals surface area contributed by atoms with Crippen LogP contribution in [0.1, 0.15) is 44.1 Å². The van der Waals surface area contributed by atoms with Gasteiger partial charge in [-0.3, -0.25) is 4.79 Å². The van der Waals surface area contributed by atoms with E-state index >= 15 is 0 Å². The molecule has 0 atom stereocenters. The molecule has 0 spiro atoms. The molecule has 106 valence electrons. The smallest absolute Gasteiger partial charge is 0.310 e. The maximum Gasteiger partial charge on any atom is 0.310 e. The molecule has 0 radical (unpaired) electrons. The molecule has 1 fully saturated rings. The van der Waals surface area contributed by atoms with Gasteiger partial charge in [0.25, 0.3) is 0 Å². The van der Waals surface area contributed by atoms with Gasteiger partial charge in [-0.2, -0.15) is 0 Å². The van der Waals surface area contributed by atoms with Gasteiger partial charge in [-0.1, -0.05) is 25.7 Å². The molecule has 0 saturated heterocycles. The zero-order valence-corrected chi connectivity index (χ0v) is 11.6. The summed E-state index contributed by atoms with van der Waals surface area (Å²) in [6.07, 6.45) is 9.38. The summed E-state index contributed by atoms with van der Waals surface area (Å²) in [6, 6.07) is 1.93. The van der Waals surface area contributed by atoms with Crippen molar-refractivity contribution in [1.29, 1.82) is 0 Å². The highest BCUT2D eigenvalue weighted by atomic mass is 16.4. The van der Waals surface area contributed by atoms with E-state index in [1.54, 1.807) is 12.5 Å². The van der Waals surface area contributed by atoms with Crippen molar-refractivity contribution in [3.05, 3.63) is 24.2 Å². The van der Waals surface area contributed by atoms with Crippen LogP contribution >= 0.6 is 0 Å². The summed E-state index contributed by atoms with van der Waals surface area (Å²) in [6.45, 7) is 1.36. The SMILES string of the molecule is CN(Cc1ccoc1)CC1(C(=O)O)CCCCCC1. The van der Waals surface area contributed by atoms with Crippen molar-refractivity contribution >= 4 is 5.97 Å². The fraction of sp³-hybridized carbons (Fsp3) is 0.667. The van der Waals surface area contributed by atoms with E-state index in [4.69, 9.17) is 4.42 Å². The monoisotopic (exact) mass is 265 g/mol. The first-order chi connectivity index (χ1) is 9.12. The highest BCUT2D eigenvalue weighted by Gasteiger charge is 2.39. The Morgan fingerprint density at radius 1 is 1.37 bits per heavy atom. The molecule has 0 amide bonds. The van der Waals surface area contributed by atoms with Crippen LogP contribution < -0.4 is 0 Å². The Balaban J connectivity index is 2.01. The van der Waals surface area contributed by atoms with E-state index in [2.05, 4.69) is 4.90 Å². The number of hydrogen-bond acceptors (Lipinski definition) is 3. The minimum atomic E-state index is -0.631. The Bertz CT molecular complexity index is 392. The Morgan fingerprint density at radius 3 is 2.58 bits per heavy atom. The van der Waals surface area contributed by atoms with Gasteiger partial charge < -0.3 is 14.4 Å². The summed E-state index contributed by atoms with van der Waals surface area (Å²) in [4.78, 5) is 13.8. The van der Waals surface area contributed by atoms with Crippen LogP contribution in [0.15, 0.2) is 23.0 Å². The number of rotatable bonds is 5. The van der Waals surface area contributed by atoms with Crippen molar-refractivity contribution in [2.24, 2.45) is 5.41 Å². The number of carbonyl (C=O) groups is 1. The Kier molecular flexibility index (Phi) is 4.64. The molecular formula is C15H23NO3. The van der Waals surface area contributed by atoms with Crippen molar-refractivity contribution in [2.75, 3.05) is 13.6 Å². The molecule has 0 bridgehead atoms. The molecule has 4 nitrogen and oxygen atoms in total. The quantitative estimate of drug-likeness (QED) is 0.831. The van der Waals surface area contributed by atoms with E-state index in [0.717, 1.165) is 37.8 Å². The highest BCUT2D eigenvalue weighted by molar-refractivity contribution is 5.75. The van der Waals surface area contributed by atoms with Crippen LogP contribution in [0.5, 0.6) is 0 Å². The first-order valence-corrected chi connectivity index (χ1v) is 7.05. The maximum absolute atomic E-state index is 11.7. The van der Waals surface area contributed by atoms with Crippen molar-refractivity contribution in [3.63, 3.8) is 0 Å². The number of carboxylic acids is 1. The van der Waals surface area contributed by atoms with Gasteiger partial charge in [0.15, 0.2) is 0 Å². The maximum atomic E-state index is 11.7. The molecule has 1 N–H and O–H groups in total. The van der Waals surface area contributed by atoms with Crippen LogP contribution in [0.3, 0.4) is 0 Å². The molecule has 0 unspecified atom stereocenters. The van der Waals surface area contributed by atoms with Crippen molar-refractivity contribution < 1.29 is 14.3 Å². The van der Waals surface area contributed by atoms with Crippen LogP contribution in [0.4, 0.5) is 0 Å². The molecular weight excluding hydrogens is 242 g/mol. The second-order valence-corrected chi connectivity index (χ2v) is 5.80. The van der Waals surface area contributed by atoms with Gasteiger partial charge in [0.2, 0.25) is 0 Å². The zero-order valence-electron chi connectivity index (χ0n) is 11.6. The standard InChI is InChI=1S/C15H23NO3/c1-16(10-13-6-9-19-11-13)12-15(14(17)18)7-4-2-3-5-8-15/h6,9,11H,2-5,7-8,10,12H2,1H3,(H,17,18). The predicted octanol–water partition coefficient (Wildman–Crippen LogP) is 3.14. The molecule has 1 aromatic rings. The Hall–Kier alpha value is -1.29. The van der Waals surface area contributed by atoms with Gasteiger partial charge in [0.05, 0.1) is 17.9 Å². The largest absolute Gasteiger partial charge is 0.481 e. The average molecular weight is 265 g/mol. The number of carboxylic acid groups (broad SMARTS) is 1. The summed E-state index contributed by atoms with van der Waals surface area (Å²) in [5.41, 5.74) is 0.534. The highest BCUT2D eigenvalue weighted by Crippen LogP contribution is 2.36. The fourth-order valence-electron chi connectivity index (χ4n) is 3.11. The second kappa shape index (κ2) is 6.24. The van der Waals surface area contributed by atoms with E-state index in [-0.39, 0.29) is 0 Å². The summed E-state index contributed by atoms with van der Waals surface area (Å²) in [5.74, 6) is -0.631. The van der Waals surface area contributed by atoms with E-state index in [1.807, 2.05) is 13.1 Å². The summed E-state index contributed by atoms with van der Waals surface area (Å²) < 4.78 is 5.05. The van der Waals surface area contributed by atoms with Gasteiger partial charge in [-0.05, 0) is 26.0 Å². The lowest BCUT2D eigenvalue weighted by atomic mass is 9.80. The van der Waals surface area contributed by atoms with Crippen LogP contribution in [-0.4, -0.2) is 29.6 Å². The topological polar surface area (TPSA) is 53.7 Å². The van der Waals surface area contributed by atoms with Gasteiger partial charge >= 0.3 is 5.97 Å². The second-order valence-electron chi connectivity index (χ2n) is 5.80. The summed E-state index contributed by atoms with van der Waals surface area (Å²) in [5, 5.41) is 9.64. The van der Waals surface area contributed by atoms with E-state index < -0.39 is 11.4 Å². The number of aliphatic carboxylic acids is 1. The number of nitrogens with zero attached hydrogens (tertiary/aromatic N) is 1. The molecule has 0 aliphatic heterocycles. The third-order valence-electron chi connectivity index (χ3n) is 4.12. The van der Waals surface area contributed by atoms with Gasteiger partial charge in [0, 0.05) is 18.7 Å². The lowest BCUT2D eigenvalue weighted by Gasteiger charge is -2.32. The lowest BCUT2D eigenvalue weighted by molar-refractivity contribution is -0.151.